The summed E-state index contributed by atoms with van der Waals surface area (Å²) in [6, 6.07) is 20.5. The van der Waals surface area contributed by atoms with Gasteiger partial charge in [0, 0.05) is 37.3 Å². The van der Waals surface area contributed by atoms with Crippen LogP contribution < -0.4 is 20.7 Å². The second-order valence-electron chi connectivity index (χ2n) is 11.7. The maximum absolute atomic E-state index is 13.8. The summed E-state index contributed by atoms with van der Waals surface area (Å²) in [5, 5.41) is 13.3. The highest BCUT2D eigenvalue weighted by Crippen LogP contribution is 2.31. The number of benzene rings is 2. The van der Waals surface area contributed by atoms with E-state index in [9.17, 15) is 14.9 Å². The van der Waals surface area contributed by atoms with E-state index in [1.165, 1.54) is 0 Å². The van der Waals surface area contributed by atoms with Gasteiger partial charge in [0.2, 0.25) is 0 Å². The van der Waals surface area contributed by atoms with Crippen LogP contribution >= 0.6 is 0 Å². The fraction of sp³-hybridized carbons (Fsp3) is 0.353. The van der Waals surface area contributed by atoms with Gasteiger partial charge in [-0.1, -0.05) is 36.4 Å². The van der Waals surface area contributed by atoms with Crippen LogP contribution in [0.3, 0.4) is 0 Å². The molecule has 47 heavy (non-hydrogen) atoms. The molecule has 2 fully saturated rings. The number of likely N-dealkylation sites (tertiary alicyclic amines) is 1. The highest BCUT2D eigenvalue weighted by molar-refractivity contribution is 6.11. The van der Waals surface area contributed by atoms with Crippen molar-refractivity contribution in [3.05, 3.63) is 78.1 Å². The Bertz CT molecular complexity index is 1780. The number of anilines is 3. The second kappa shape index (κ2) is 14.3. The van der Waals surface area contributed by atoms with E-state index >= 15 is 0 Å². The number of carbonyl (C=O) groups excluding carboxylic acids is 2. The minimum absolute atomic E-state index is 0.0285. The Kier molecular flexibility index (Phi) is 9.59. The van der Waals surface area contributed by atoms with E-state index in [2.05, 4.69) is 31.2 Å². The molecule has 2 saturated heterocycles. The van der Waals surface area contributed by atoms with Crippen LogP contribution in [0.4, 0.5) is 22.0 Å². The quantitative estimate of drug-likeness (QED) is 0.273. The molecule has 0 saturated carbocycles. The third-order valence-corrected chi connectivity index (χ3v) is 8.64. The van der Waals surface area contributed by atoms with E-state index in [0.717, 1.165) is 35.9 Å². The lowest BCUT2D eigenvalue weighted by Gasteiger charge is -2.40. The molecule has 4 heterocycles. The Labute approximate surface area is 272 Å². The summed E-state index contributed by atoms with van der Waals surface area (Å²) < 4.78 is 11.7. The SMILES string of the molecule is CN1CCC[C@H]1COc1nc(C(=O)Nc2cccc3ncccc23)c(N)c(N2CCN(C(=O)OCc3ccccc3)[C@@H](CC#N)C2)n1. The Morgan fingerprint density at radius 2 is 1.89 bits per heavy atom. The predicted molar refractivity (Wildman–Crippen MR) is 177 cm³/mol. The van der Waals surface area contributed by atoms with E-state index in [1.54, 1.807) is 23.2 Å². The van der Waals surface area contributed by atoms with Gasteiger partial charge in [-0.15, -0.1) is 0 Å². The number of aromatic nitrogens is 3. The number of nitrogens with one attached hydrogen (secondary N) is 1. The van der Waals surface area contributed by atoms with Crippen molar-refractivity contribution in [3.8, 4) is 12.1 Å². The van der Waals surface area contributed by atoms with E-state index in [4.69, 9.17) is 15.2 Å². The molecule has 0 bridgehead atoms. The first-order chi connectivity index (χ1) is 22.9. The standard InChI is InChI=1S/C34H37N9O4/c1-41-17-7-10-25(41)22-46-33-39-30(32(44)38-28-13-5-12-27-26(28)11-6-16-37-27)29(36)31(40-33)42-18-19-43(24(20-42)14-15-35)34(45)47-21-23-8-3-2-4-9-23/h2-6,8-9,11-13,16,24-25H,7,10,14,17-22,36H2,1H3,(H,38,44)/t24-,25-/m0/s1. The van der Waals surface area contributed by atoms with Crippen LogP contribution in [0.25, 0.3) is 10.9 Å². The number of nitriles is 1. The van der Waals surface area contributed by atoms with Crippen molar-refractivity contribution in [2.75, 3.05) is 55.8 Å². The minimum atomic E-state index is -0.526. The monoisotopic (exact) mass is 635 g/mol. The first kappa shape index (κ1) is 31.5. The molecule has 2 aliphatic heterocycles. The molecule has 0 aliphatic carbocycles. The molecule has 242 valence electrons. The molecule has 2 atom stereocenters. The fourth-order valence-electron chi connectivity index (χ4n) is 6.04. The average Bonchev–Trinajstić information content (AvgIpc) is 3.51. The summed E-state index contributed by atoms with van der Waals surface area (Å²) in [6.45, 7) is 2.30. The first-order valence-electron chi connectivity index (χ1n) is 15.7. The summed E-state index contributed by atoms with van der Waals surface area (Å²) >= 11 is 0. The fourth-order valence-corrected chi connectivity index (χ4v) is 6.04. The van der Waals surface area contributed by atoms with Crippen molar-refractivity contribution in [3.63, 3.8) is 0 Å². The molecule has 2 aromatic carbocycles. The normalized spacial score (nSPS) is 18.1. The van der Waals surface area contributed by atoms with Gasteiger partial charge in [-0.2, -0.15) is 15.2 Å². The summed E-state index contributed by atoms with van der Waals surface area (Å²) in [5.41, 5.74) is 8.84. The van der Waals surface area contributed by atoms with Crippen LogP contribution in [0.15, 0.2) is 66.9 Å². The molecule has 0 radical (unpaired) electrons. The van der Waals surface area contributed by atoms with Crippen LogP contribution in [0.5, 0.6) is 6.01 Å². The minimum Gasteiger partial charge on any atom is -0.462 e. The number of carbonyl (C=O) groups is 2. The molecule has 6 rings (SSSR count). The van der Waals surface area contributed by atoms with E-state index in [1.807, 2.05) is 60.5 Å². The average molecular weight is 636 g/mol. The number of amides is 2. The maximum atomic E-state index is 13.8. The number of pyridine rings is 1. The van der Waals surface area contributed by atoms with Crippen molar-refractivity contribution in [2.24, 2.45) is 0 Å². The molecule has 13 heteroatoms. The molecule has 0 spiro atoms. The molecule has 0 unspecified atom stereocenters. The van der Waals surface area contributed by atoms with Crippen molar-refractivity contribution in [2.45, 2.75) is 38.0 Å². The van der Waals surface area contributed by atoms with E-state index in [0.29, 0.717) is 24.7 Å². The second-order valence-corrected chi connectivity index (χ2v) is 11.7. The van der Waals surface area contributed by atoms with Gasteiger partial charge in [-0.05, 0) is 56.3 Å². The summed E-state index contributed by atoms with van der Waals surface area (Å²) in [5.74, 6) is -0.221. The van der Waals surface area contributed by atoms with Gasteiger partial charge in [0.15, 0.2) is 11.5 Å². The van der Waals surface area contributed by atoms with Gasteiger partial charge < -0.3 is 35.2 Å². The van der Waals surface area contributed by atoms with Gasteiger partial charge in [0.25, 0.3) is 5.91 Å². The van der Waals surface area contributed by atoms with Crippen LogP contribution in [0.2, 0.25) is 0 Å². The van der Waals surface area contributed by atoms with Crippen LogP contribution in [0, 0.1) is 11.3 Å². The number of nitrogens with two attached hydrogens (primary N) is 1. The lowest BCUT2D eigenvalue weighted by atomic mass is 10.1. The lowest BCUT2D eigenvalue weighted by Crippen LogP contribution is -2.55. The van der Waals surface area contributed by atoms with Gasteiger partial charge in [0.1, 0.15) is 18.9 Å². The van der Waals surface area contributed by atoms with Gasteiger partial charge in [-0.25, -0.2) is 4.79 Å². The molecular formula is C34H37N9O4. The third-order valence-electron chi connectivity index (χ3n) is 8.64. The third kappa shape index (κ3) is 7.18. The number of hydrogen-bond acceptors (Lipinski definition) is 11. The summed E-state index contributed by atoms with van der Waals surface area (Å²) in [6.07, 6.45) is 3.32. The number of rotatable bonds is 9. The van der Waals surface area contributed by atoms with E-state index in [-0.39, 0.29) is 49.6 Å². The molecule has 13 nitrogen and oxygen atoms in total. The Hall–Kier alpha value is -5.48. The first-order valence-corrected chi connectivity index (χ1v) is 15.7. The number of piperazine rings is 1. The predicted octanol–water partition coefficient (Wildman–Crippen LogP) is 4.07. The Morgan fingerprint density at radius 1 is 1.04 bits per heavy atom. The highest BCUT2D eigenvalue weighted by atomic mass is 16.6. The lowest BCUT2D eigenvalue weighted by molar-refractivity contribution is 0.0768. The van der Waals surface area contributed by atoms with Crippen molar-refractivity contribution < 1.29 is 19.1 Å². The highest BCUT2D eigenvalue weighted by Gasteiger charge is 2.34. The van der Waals surface area contributed by atoms with Crippen molar-refractivity contribution in [1.29, 1.82) is 5.26 Å². The molecule has 2 aliphatic rings. The molecule has 2 aromatic heterocycles. The zero-order valence-electron chi connectivity index (χ0n) is 26.2. The molecule has 3 N–H and O–H groups in total. The van der Waals surface area contributed by atoms with Gasteiger partial charge in [-0.3, -0.25) is 9.78 Å². The largest absolute Gasteiger partial charge is 0.462 e. The van der Waals surface area contributed by atoms with Crippen LogP contribution in [-0.4, -0.2) is 88.7 Å². The zero-order valence-corrected chi connectivity index (χ0v) is 26.2. The van der Waals surface area contributed by atoms with Crippen LogP contribution in [0.1, 0.15) is 35.3 Å². The Balaban J connectivity index is 1.26. The number of nitrogens with zero attached hydrogens (tertiary/aromatic N) is 7. The smallest absolute Gasteiger partial charge is 0.410 e. The van der Waals surface area contributed by atoms with Crippen LogP contribution in [-0.2, 0) is 11.3 Å². The topological polar surface area (TPSA) is 163 Å². The maximum Gasteiger partial charge on any atom is 0.410 e. The van der Waals surface area contributed by atoms with Gasteiger partial charge >= 0.3 is 12.1 Å². The van der Waals surface area contributed by atoms with Crippen molar-refractivity contribution in [1.82, 2.24) is 24.8 Å². The number of hydrogen-bond donors (Lipinski definition) is 2. The van der Waals surface area contributed by atoms with E-state index < -0.39 is 18.0 Å². The summed E-state index contributed by atoms with van der Waals surface area (Å²) in [4.78, 5) is 46.1. The molecule has 2 amide bonds. The van der Waals surface area contributed by atoms with Gasteiger partial charge in [0.05, 0.1) is 29.7 Å². The number of fused-ring (bicyclic) bond motifs is 1. The summed E-state index contributed by atoms with van der Waals surface area (Å²) in [7, 11) is 2.05. The Morgan fingerprint density at radius 3 is 2.68 bits per heavy atom. The number of nitrogen functional groups attached to an aromatic ring is 1. The number of likely N-dealkylation sites (N-methyl/N-ethyl adjacent to an activating group) is 1. The molecular weight excluding hydrogens is 598 g/mol. The molecule has 4 aromatic rings. The van der Waals surface area contributed by atoms with Crippen molar-refractivity contribution >= 4 is 40.1 Å². The number of ether oxygens (including phenoxy) is 2. The zero-order chi connectivity index (χ0) is 32.8.